The summed E-state index contributed by atoms with van der Waals surface area (Å²) >= 11 is 12.5. The summed E-state index contributed by atoms with van der Waals surface area (Å²) in [6.45, 7) is 0.991. The third kappa shape index (κ3) is 2.33. The summed E-state index contributed by atoms with van der Waals surface area (Å²) in [4.78, 5) is 2.30. The summed E-state index contributed by atoms with van der Waals surface area (Å²) in [5.41, 5.74) is 4.79. The first-order chi connectivity index (χ1) is 9.31. The molecule has 0 saturated carbocycles. The summed E-state index contributed by atoms with van der Waals surface area (Å²) < 4.78 is 0. The first-order valence-electron chi connectivity index (χ1n) is 6.50. The van der Waals surface area contributed by atoms with Crippen LogP contribution in [0.15, 0.2) is 42.5 Å². The lowest BCUT2D eigenvalue weighted by atomic mass is 10.00. The Hall–Kier alpha value is -1.18. The zero-order chi connectivity index (χ0) is 13.2. The van der Waals surface area contributed by atoms with Gasteiger partial charge in [0.1, 0.15) is 0 Å². The van der Waals surface area contributed by atoms with Crippen molar-refractivity contribution >= 4 is 34.6 Å². The first kappa shape index (κ1) is 12.8. The van der Waals surface area contributed by atoms with Crippen LogP contribution in [0.2, 0.25) is 5.02 Å². The molecule has 2 aromatic carbocycles. The topological polar surface area (TPSA) is 3.24 Å². The number of benzene rings is 2. The van der Waals surface area contributed by atoms with E-state index >= 15 is 0 Å². The van der Waals surface area contributed by atoms with E-state index in [0.29, 0.717) is 5.88 Å². The fourth-order valence-electron chi connectivity index (χ4n) is 2.74. The van der Waals surface area contributed by atoms with Crippen LogP contribution >= 0.6 is 23.2 Å². The van der Waals surface area contributed by atoms with E-state index < -0.39 is 0 Å². The maximum Gasteiger partial charge on any atom is 0.0646 e. The highest BCUT2D eigenvalue weighted by Gasteiger charge is 2.21. The number of anilines is 2. The molecule has 0 spiro atoms. The van der Waals surface area contributed by atoms with Gasteiger partial charge in [-0.15, -0.1) is 11.6 Å². The van der Waals surface area contributed by atoms with Crippen molar-refractivity contribution < 1.29 is 0 Å². The molecule has 0 fully saturated rings. The van der Waals surface area contributed by atoms with Crippen LogP contribution in [0.25, 0.3) is 0 Å². The number of hydrogen-bond acceptors (Lipinski definition) is 1. The average molecular weight is 292 g/mol. The van der Waals surface area contributed by atoms with Crippen LogP contribution in [0.1, 0.15) is 17.5 Å². The minimum absolute atomic E-state index is 0.481. The summed E-state index contributed by atoms with van der Waals surface area (Å²) in [5.74, 6) is 0.481. The van der Waals surface area contributed by atoms with Crippen LogP contribution in [0.4, 0.5) is 11.4 Å². The highest BCUT2D eigenvalue weighted by Crippen LogP contribution is 2.39. The van der Waals surface area contributed by atoms with Gasteiger partial charge >= 0.3 is 0 Å². The Labute approximate surface area is 123 Å². The molecule has 0 saturated heterocycles. The van der Waals surface area contributed by atoms with Crippen molar-refractivity contribution in [3.8, 4) is 0 Å². The van der Waals surface area contributed by atoms with Crippen molar-refractivity contribution in [2.45, 2.75) is 18.7 Å². The predicted molar refractivity (Wildman–Crippen MR) is 82.8 cm³/mol. The minimum Gasteiger partial charge on any atom is -0.340 e. The third-order valence-electron chi connectivity index (χ3n) is 3.59. The second-order valence-electron chi connectivity index (χ2n) is 4.77. The molecule has 1 heterocycles. The lowest BCUT2D eigenvalue weighted by molar-refractivity contribution is 0.765. The van der Waals surface area contributed by atoms with Crippen molar-refractivity contribution in [3.63, 3.8) is 0 Å². The van der Waals surface area contributed by atoms with Gasteiger partial charge in [0.15, 0.2) is 0 Å². The molecule has 0 atom stereocenters. The molecule has 19 heavy (non-hydrogen) atoms. The number of hydrogen-bond donors (Lipinski definition) is 0. The van der Waals surface area contributed by atoms with Crippen molar-refractivity contribution in [2.75, 3.05) is 11.4 Å². The Morgan fingerprint density at radius 2 is 1.89 bits per heavy atom. The predicted octanol–water partition coefficient (Wildman–Crippen LogP) is 5.16. The Kier molecular flexibility index (Phi) is 3.67. The fraction of sp³-hybridized carbons (Fsp3) is 0.250. The number of fused-ring (bicyclic) bond motifs is 1. The number of aryl methyl sites for hydroxylation is 1. The van der Waals surface area contributed by atoms with Crippen LogP contribution in [0.5, 0.6) is 0 Å². The molecule has 2 aromatic rings. The number of halogens is 2. The van der Waals surface area contributed by atoms with E-state index in [9.17, 15) is 0 Å². The van der Waals surface area contributed by atoms with Crippen molar-refractivity contribution in [1.29, 1.82) is 0 Å². The Bertz CT molecular complexity index is 595. The van der Waals surface area contributed by atoms with Crippen LogP contribution < -0.4 is 4.90 Å². The number of rotatable bonds is 2. The second-order valence-corrected chi connectivity index (χ2v) is 5.44. The molecule has 3 heteroatoms. The lowest BCUT2D eigenvalue weighted by Crippen LogP contribution is -2.25. The Morgan fingerprint density at radius 1 is 1.05 bits per heavy atom. The molecule has 0 N–H and O–H groups in total. The highest BCUT2D eigenvalue weighted by molar-refractivity contribution is 6.33. The molecule has 0 aliphatic carbocycles. The standard InChI is InChI=1S/C16H15Cl2N/c17-11-13-6-3-8-14(18)16(13)19-10-4-7-12-5-1-2-9-15(12)19/h1-3,5-6,8-9H,4,7,10-11H2. The van der Waals surface area contributed by atoms with Gasteiger partial charge in [0.2, 0.25) is 0 Å². The zero-order valence-corrected chi connectivity index (χ0v) is 12.1. The van der Waals surface area contributed by atoms with Gasteiger partial charge in [-0.25, -0.2) is 0 Å². The molecular weight excluding hydrogens is 277 g/mol. The van der Waals surface area contributed by atoms with E-state index in [1.807, 2.05) is 18.2 Å². The molecule has 0 radical (unpaired) electrons. The van der Waals surface area contributed by atoms with Gasteiger partial charge in [0.25, 0.3) is 0 Å². The Morgan fingerprint density at radius 3 is 2.74 bits per heavy atom. The van der Waals surface area contributed by atoms with E-state index in [-0.39, 0.29) is 0 Å². The summed E-state index contributed by atoms with van der Waals surface area (Å²) in [6, 6.07) is 14.5. The molecule has 1 aliphatic heterocycles. The minimum atomic E-state index is 0.481. The van der Waals surface area contributed by atoms with Crippen molar-refractivity contribution in [2.24, 2.45) is 0 Å². The molecule has 0 aromatic heterocycles. The van der Waals surface area contributed by atoms with Crippen LogP contribution in [0, 0.1) is 0 Å². The largest absolute Gasteiger partial charge is 0.340 e. The number of alkyl halides is 1. The fourth-order valence-corrected chi connectivity index (χ4v) is 3.25. The second kappa shape index (κ2) is 5.44. The smallest absolute Gasteiger partial charge is 0.0646 e. The third-order valence-corrected chi connectivity index (χ3v) is 4.19. The van der Waals surface area contributed by atoms with E-state index in [0.717, 1.165) is 35.7 Å². The van der Waals surface area contributed by atoms with Gasteiger partial charge < -0.3 is 4.90 Å². The first-order valence-corrected chi connectivity index (χ1v) is 7.41. The summed E-state index contributed by atoms with van der Waals surface area (Å²) in [6.07, 6.45) is 2.28. The molecule has 0 bridgehead atoms. The molecule has 98 valence electrons. The van der Waals surface area contributed by atoms with Gasteiger partial charge in [-0.2, -0.15) is 0 Å². The quantitative estimate of drug-likeness (QED) is 0.691. The normalized spacial score (nSPS) is 14.3. The Balaban J connectivity index is 2.14. The van der Waals surface area contributed by atoms with Crippen LogP contribution in [-0.4, -0.2) is 6.54 Å². The van der Waals surface area contributed by atoms with Crippen LogP contribution in [-0.2, 0) is 12.3 Å². The van der Waals surface area contributed by atoms with Gasteiger partial charge in [-0.1, -0.05) is 41.9 Å². The van der Waals surface area contributed by atoms with Crippen LogP contribution in [0.3, 0.4) is 0 Å². The van der Waals surface area contributed by atoms with Gasteiger partial charge in [0, 0.05) is 18.1 Å². The number of nitrogens with zero attached hydrogens (tertiary/aromatic N) is 1. The van der Waals surface area contributed by atoms with E-state index in [1.165, 1.54) is 11.3 Å². The number of para-hydroxylation sites is 2. The van der Waals surface area contributed by atoms with Crippen molar-refractivity contribution in [3.05, 3.63) is 58.6 Å². The SMILES string of the molecule is ClCc1cccc(Cl)c1N1CCCc2ccccc21. The van der Waals surface area contributed by atoms with Gasteiger partial charge in [0.05, 0.1) is 10.7 Å². The summed E-state index contributed by atoms with van der Waals surface area (Å²) in [7, 11) is 0. The molecule has 0 amide bonds. The lowest BCUT2D eigenvalue weighted by Gasteiger charge is -2.33. The van der Waals surface area contributed by atoms with Crippen molar-refractivity contribution in [1.82, 2.24) is 0 Å². The summed E-state index contributed by atoms with van der Waals surface area (Å²) in [5, 5.41) is 0.773. The maximum absolute atomic E-state index is 6.41. The van der Waals surface area contributed by atoms with Gasteiger partial charge in [-0.05, 0) is 36.1 Å². The molecular formula is C16H15Cl2N. The van der Waals surface area contributed by atoms with E-state index in [4.69, 9.17) is 23.2 Å². The molecule has 1 nitrogen and oxygen atoms in total. The molecule has 0 unspecified atom stereocenters. The van der Waals surface area contributed by atoms with E-state index in [2.05, 4.69) is 29.2 Å². The highest BCUT2D eigenvalue weighted by atomic mass is 35.5. The zero-order valence-electron chi connectivity index (χ0n) is 10.6. The van der Waals surface area contributed by atoms with E-state index in [1.54, 1.807) is 0 Å². The monoisotopic (exact) mass is 291 g/mol. The molecule has 1 aliphatic rings. The maximum atomic E-state index is 6.41. The van der Waals surface area contributed by atoms with Gasteiger partial charge in [-0.3, -0.25) is 0 Å². The molecule has 3 rings (SSSR count). The average Bonchev–Trinajstić information content (AvgIpc) is 2.46.